The molecular weight excluding hydrogens is 292 g/mol. The highest BCUT2D eigenvalue weighted by atomic mass is 79.9. The molecule has 0 bridgehead atoms. The number of carbonyl (C=O) groups is 1. The number of carbonyl (C=O) groups excluding carboxylic acids is 1. The molecule has 1 aliphatic carbocycles. The van der Waals surface area contributed by atoms with E-state index in [0.29, 0.717) is 11.5 Å². The number of amides is 1. The van der Waals surface area contributed by atoms with Crippen LogP contribution in [0.25, 0.3) is 0 Å². The number of hydrogen-bond acceptors (Lipinski definition) is 2. The minimum absolute atomic E-state index is 0.0202. The van der Waals surface area contributed by atoms with Crippen molar-refractivity contribution in [2.24, 2.45) is 11.8 Å². The molecule has 3 nitrogen and oxygen atoms in total. The van der Waals surface area contributed by atoms with Gasteiger partial charge in [-0.1, -0.05) is 19.8 Å². The summed E-state index contributed by atoms with van der Waals surface area (Å²) in [4.78, 5) is 16.0. The van der Waals surface area contributed by atoms with Crippen LogP contribution in [0.1, 0.15) is 43.0 Å². The quantitative estimate of drug-likeness (QED) is 0.869. The van der Waals surface area contributed by atoms with Gasteiger partial charge in [-0.3, -0.25) is 4.79 Å². The molecule has 1 aromatic rings. The Morgan fingerprint density at radius 3 is 3.00 bits per heavy atom. The predicted octanol–water partition coefficient (Wildman–Crippen LogP) is 3.40. The van der Waals surface area contributed by atoms with E-state index in [9.17, 15) is 4.79 Å². The summed E-state index contributed by atoms with van der Waals surface area (Å²) in [5.74, 6) is 1.42. The summed E-state index contributed by atoms with van der Waals surface area (Å²) in [6.45, 7) is 3.09. The molecule has 0 aromatic carbocycles. The molecule has 1 amide bonds. The molecule has 98 valence electrons. The van der Waals surface area contributed by atoms with Crippen molar-refractivity contribution in [3.63, 3.8) is 0 Å². The number of halogens is 1. The largest absolute Gasteiger partial charge is 0.352 e. The van der Waals surface area contributed by atoms with Crippen molar-refractivity contribution in [3.05, 3.63) is 28.5 Å². The van der Waals surface area contributed by atoms with Crippen molar-refractivity contribution < 1.29 is 4.79 Å². The summed E-state index contributed by atoms with van der Waals surface area (Å²) in [6, 6.07) is 3.58. The fourth-order valence-corrected chi connectivity index (χ4v) is 2.83. The van der Waals surface area contributed by atoms with Gasteiger partial charge in [0.2, 0.25) is 0 Å². The lowest BCUT2D eigenvalue weighted by Gasteiger charge is -2.26. The third-order valence-electron chi connectivity index (χ3n) is 3.59. The Kier molecular flexibility index (Phi) is 4.75. The first kappa shape index (κ1) is 13.5. The number of hydrogen-bond donors (Lipinski definition) is 1. The predicted molar refractivity (Wildman–Crippen MR) is 75.4 cm³/mol. The summed E-state index contributed by atoms with van der Waals surface area (Å²) in [7, 11) is 0. The van der Waals surface area contributed by atoms with Gasteiger partial charge in [0.05, 0.1) is 5.56 Å². The van der Waals surface area contributed by atoms with Gasteiger partial charge in [0.1, 0.15) is 4.60 Å². The fourth-order valence-electron chi connectivity index (χ4n) is 2.59. The van der Waals surface area contributed by atoms with E-state index in [0.717, 1.165) is 17.1 Å². The van der Waals surface area contributed by atoms with E-state index in [1.807, 2.05) is 0 Å². The molecule has 1 aromatic heterocycles. The van der Waals surface area contributed by atoms with Gasteiger partial charge in [-0.05, 0) is 52.7 Å². The Morgan fingerprint density at radius 2 is 2.33 bits per heavy atom. The molecule has 2 unspecified atom stereocenters. The first-order valence-corrected chi connectivity index (χ1v) is 7.34. The van der Waals surface area contributed by atoms with Gasteiger partial charge in [0.15, 0.2) is 0 Å². The topological polar surface area (TPSA) is 42.0 Å². The normalized spacial score (nSPS) is 23.7. The van der Waals surface area contributed by atoms with Crippen LogP contribution < -0.4 is 5.32 Å². The van der Waals surface area contributed by atoms with E-state index in [-0.39, 0.29) is 5.91 Å². The van der Waals surface area contributed by atoms with Crippen LogP contribution >= 0.6 is 15.9 Å². The summed E-state index contributed by atoms with van der Waals surface area (Å²) in [5, 5.41) is 3.01. The number of nitrogens with zero attached hydrogens (tertiary/aromatic N) is 1. The second-order valence-electron chi connectivity index (χ2n) is 5.22. The molecule has 2 atom stereocenters. The van der Waals surface area contributed by atoms with Gasteiger partial charge in [0.25, 0.3) is 5.91 Å². The first-order valence-electron chi connectivity index (χ1n) is 6.55. The lowest BCUT2D eigenvalue weighted by atomic mass is 9.82. The van der Waals surface area contributed by atoms with Gasteiger partial charge < -0.3 is 5.32 Å². The van der Waals surface area contributed by atoms with E-state index >= 15 is 0 Å². The molecule has 18 heavy (non-hydrogen) atoms. The Balaban J connectivity index is 1.82. The second-order valence-corrected chi connectivity index (χ2v) is 6.03. The zero-order valence-electron chi connectivity index (χ0n) is 10.7. The minimum atomic E-state index is -0.0202. The average molecular weight is 311 g/mol. The highest BCUT2D eigenvalue weighted by Crippen LogP contribution is 2.27. The highest BCUT2D eigenvalue weighted by Gasteiger charge is 2.19. The van der Waals surface area contributed by atoms with Crippen molar-refractivity contribution >= 4 is 21.8 Å². The van der Waals surface area contributed by atoms with Crippen LogP contribution in [0.5, 0.6) is 0 Å². The van der Waals surface area contributed by atoms with Crippen LogP contribution in [0.4, 0.5) is 0 Å². The van der Waals surface area contributed by atoms with Crippen LogP contribution in [0, 0.1) is 11.8 Å². The average Bonchev–Trinajstić information content (AvgIpc) is 2.37. The fraction of sp³-hybridized carbons (Fsp3) is 0.571. The molecule has 4 heteroatoms. The van der Waals surface area contributed by atoms with E-state index < -0.39 is 0 Å². The van der Waals surface area contributed by atoms with Gasteiger partial charge in [-0.25, -0.2) is 4.98 Å². The van der Waals surface area contributed by atoms with Crippen molar-refractivity contribution in [3.8, 4) is 0 Å². The highest BCUT2D eigenvalue weighted by molar-refractivity contribution is 9.10. The SMILES string of the molecule is CC1CCCC(CNC(=O)c2ccc(Br)nc2)C1. The zero-order valence-corrected chi connectivity index (χ0v) is 12.2. The number of nitrogens with one attached hydrogen (secondary N) is 1. The molecule has 0 saturated heterocycles. The van der Waals surface area contributed by atoms with Gasteiger partial charge >= 0.3 is 0 Å². The molecule has 2 rings (SSSR count). The maximum absolute atomic E-state index is 11.9. The van der Waals surface area contributed by atoms with Gasteiger partial charge in [-0.2, -0.15) is 0 Å². The first-order chi connectivity index (χ1) is 8.65. The number of rotatable bonds is 3. The molecule has 0 aliphatic heterocycles. The molecule has 1 aliphatic rings. The van der Waals surface area contributed by atoms with Crippen LogP contribution in [-0.4, -0.2) is 17.4 Å². The minimum Gasteiger partial charge on any atom is -0.352 e. The molecule has 1 heterocycles. The van der Waals surface area contributed by atoms with Crippen molar-refractivity contribution in [2.75, 3.05) is 6.54 Å². The van der Waals surface area contributed by atoms with Gasteiger partial charge in [-0.15, -0.1) is 0 Å². The Labute approximate surface area is 117 Å². The summed E-state index contributed by atoms with van der Waals surface area (Å²) < 4.78 is 0.750. The maximum atomic E-state index is 11.9. The lowest BCUT2D eigenvalue weighted by Crippen LogP contribution is -2.31. The van der Waals surface area contributed by atoms with Crippen LogP contribution in [0.3, 0.4) is 0 Å². The Bertz CT molecular complexity index is 405. The van der Waals surface area contributed by atoms with Crippen LogP contribution in [0.2, 0.25) is 0 Å². The van der Waals surface area contributed by atoms with Crippen LogP contribution in [-0.2, 0) is 0 Å². The van der Waals surface area contributed by atoms with E-state index in [1.165, 1.54) is 25.7 Å². The van der Waals surface area contributed by atoms with Crippen molar-refractivity contribution in [1.29, 1.82) is 0 Å². The summed E-state index contributed by atoms with van der Waals surface area (Å²) >= 11 is 3.26. The summed E-state index contributed by atoms with van der Waals surface area (Å²) in [6.07, 6.45) is 6.70. The monoisotopic (exact) mass is 310 g/mol. The number of pyridine rings is 1. The zero-order chi connectivity index (χ0) is 13.0. The summed E-state index contributed by atoms with van der Waals surface area (Å²) in [5.41, 5.74) is 0.627. The van der Waals surface area contributed by atoms with Crippen LogP contribution in [0.15, 0.2) is 22.9 Å². The van der Waals surface area contributed by atoms with Crippen molar-refractivity contribution in [1.82, 2.24) is 10.3 Å². The molecular formula is C14H19BrN2O. The molecule has 1 saturated carbocycles. The molecule has 0 radical (unpaired) electrons. The molecule has 0 spiro atoms. The van der Waals surface area contributed by atoms with E-state index in [2.05, 4.69) is 33.2 Å². The second kappa shape index (κ2) is 6.32. The van der Waals surface area contributed by atoms with E-state index in [1.54, 1.807) is 18.3 Å². The lowest BCUT2D eigenvalue weighted by molar-refractivity contribution is 0.0940. The molecule has 1 N–H and O–H groups in total. The standard InChI is InChI=1S/C14H19BrN2O/c1-10-3-2-4-11(7-10)8-17-14(18)12-5-6-13(15)16-9-12/h5-6,9-11H,2-4,7-8H2,1H3,(H,17,18). The third kappa shape index (κ3) is 3.80. The van der Waals surface area contributed by atoms with E-state index in [4.69, 9.17) is 0 Å². The Hall–Kier alpha value is -0.900. The van der Waals surface area contributed by atoms with Gasteiger partial charge in [0, 0.05) is 12.7 Å². The molecule has 1 fully saturated rings. The third-order valence-corrected chi connectivity index (χ3v) is 4.05. The Morgan fingerprint density at radius 1 is 1.50 bits per heavy atom. The smallest absolute Gasteiger partial charge is 0.252 e. The number of aromatic nitrogens is 1. The maximum Gasteiger partial charge on any atom is 0.252 e. The van der Waals surface area contributed by atoms with Crippen molar-refractivity contribution in [2.45, 2.75) is 32.6 Å².